The second-order valence-electron chi connectivity index (χ2n) is 6.15. The molecular formula is C14H22Cl2FeN2O. The Balaban J connectivity index is 0.00000110. The molecule has 0 aliphatic rings. The van der Waals surface area contributed by atoms with Crippen LogP contribution in [-0.2, 0) is 13.1 Å². The first-order chi connectivity index (χ1) is 9.07. The summed E-state index contributed by atoms with van der Waals surface area (Å²) < 4.78 is 5.58. The molecule has 1 aromatic rings. The molecule has 116 valence electrons. The third kappa shape index (κ3) is 11.5. The molecule has 0 fully saturated rings. The monoisotopic (exact) mass is 360 g/mol. The van der Waals surface area contributed by atoms with Crippen LogP contribution in [0.25, 0.3) is 0 Å². The normalized spacial score (nSPS) is 13.0. The van der Waals surface area contributed by atoms with E-state index in [1.165, 1.54) is 0 Å². The number of halogens is 2. The van der Waals surface area contributed by atoms with Gasteiger partial charge in [-0.2, -0.15) is 0 Å². The third-order valence-electron chi connectivity index (χ3n) is 1.81. The first kappa shape index (κ1) is 19.7. The summed E-state index contributed by atoms with van der Waals surface area (Å²) in [7, 11) is 9.53. The molecule has 6 heteroatoms. The molecule has 1 heterocycles. The van der Waals surface area contributed by atoms with Crippen molar-refractivity contribution in [1.82, 2.24) is 0 Å². The first-order valence-electron chi connectivity index (χ1n) is 6.13. The molecule has 0 aliphatic carbocycles. The maximum atomic E-state index is 5.58. The fourth-order valence-corrected chi connectivity index (χ4v) is 1.02. The quantitative estimate of drug-likeness (QED) is 0.534. The summed E-state index contributed by atoms with van der Waals surface area (Å²) in [6, 6.07) is 3.80. The minimum atomic E-state index is -0.0769. The van der Waals surface area contributed by atoms with Crippen LogP contribution < -0.4 is 0 Å². The van der Waals surface area contributed by atoms with E-state index in [2.05, 4.69) is 51.5 Å². The Morgan fingerprint density at radius 2 is 1.20 bits per heavy atom. The summed E-state index contributed by atoms with van der Waals surface area (Å²) in [6.07, 6.45) is 3.52. The van der Waals surface area contributed by atoms with Crippen molar-refractivity contribution in [2.75, 3.05) is 0 Å². The average molecular weight is 361 g/mol. The van der Waals surface area contributed by atoms with Crippen molar-refractivity contribution < 1.29 is 17.6 Å². The van der Waals surface area contributed by atoms with E-state index in [1.807, 2.05) is 12.1 Å². The molecule has 0 bridgehead atoms. The molecule has 0 aromatic carbocycles. The number of hydrogen-bond acceptors (Lipinski definition) is 3. The first-order valence-corrected chi connectivity index (χ1v) is 9.17. The standard InChI is InChI=1S/C14H22N2O.2ClH.Fe/c1-13(2,3)15-9-11-7-8-12(17-11)10-16-14(4,5)6;;;/h7-10H,1-6H3;2*1H;/q;;;+2/p-2. The molecule has 1 rings (SSSR count). The number of aliphatic imine (C=N–C) groups is 2. The molecule has 0 N–H and O–H groups in total. The van der Waals surface area contributed by atoms with Gasteiger partial charge in [-0.05, 0) is 53.7 Å². The molecule has 0 unspecified atom stereocenters. The summed E-state index contributed by atoms with van der Waals surface area (Å²) in [5.41, 5.74) is -0.154. The summed E-state index contributed by atoms with van der Waals surface area (Å²) in [4.78, 5) is 8.77. The van der Waals surface area contributed by atoms with Crippen molar-refractivity contribution in [1.29, 1.82) is 0 Å². The fraction of sp³-hybridized carbons (Fsp3) is 0.571. The van der Waals surface area contributed by atoms with Gasteiger partial charge < -0.3 is 4.42 Å². The van der Waals surface area contributed by atoms with Crippen molar-refractivity contribution in [2.24, 2.45) is 9.98 Å². The minimum absolute atomic E-state index is 0.0769. The van der Waals surface area contributed by atoms with Crippen molar-refractivity contribution in [3.05, 3.63) is 23.7 Å². The van der Waals surface area contributed by atoms with E-state index in [0.29, 0.717) is 0 Å². The van der Waals surface area contributed by atoms with Crippen LogP contribution >= 0.6 is 20.2 Å². The summed E-state index contributed by atoms with van der Waals surface area (Å²) in [6.45, 7) is 12.3. The van der Waals surface area contributed by atoms with Gasteiger partial charge in [0.1, 0.15) is 11.5 Å². The van der Waals surface area contributed by atoms with Crippen molar-refractivity contribution >= 4 is 32.6 Å². The SMILES string of the molecule is CC(C)(C)N=Cc1ccc(C=NC(C)(C)C)o1.[Cl][Fe][Cl]. The van der Waals surface area contributed by atoms with Gasteiger partial charge in [0.2, 0.25) is 0 Å². The number of hydrogen-bond donors (Lipinski definition) is 0. The van der Waals surface area contributed by atoms with Gasteiger partial charge in [0, 0.05) is 0 Å². The zero-order chi connectivity index (χ0) is 15.8. The van der Waals surface area contributed by atoms with E-state index in [0.717, 1.165) is 11.5 Å². The van der Waals surface area contributed by atoms with Gasteiger partial charge in [-0.15, -0.1) is 0 Å². The Labute approximate surface area is 136 Å². The third-order valence-corrected chi connectivity index (χ3v) is 1.81. The van der Waals surface area contributed by atoms with Gasteiger partial charge in [-0.3, -0.25) is 9.98 Å². The molecule has 0 radical (unpaired) electrons. The summed E-state index contributed by atoms with van der Waals surface area (Å²) in [5.74, 6) is 1.52. The van der Waals surface area contributed by atoms with E-state index in [1.54, 1.807) is 12.4 Å². The Hall–Kier alpha value is -0.281. The van der Waals surface area contributed by atoms with E-state index in [-0.39, 0.29) is 24.2 Å². The number of rotatable bonds is 2. The van der Waals surface area contributed by atoms with Crippen LogP contribution in [0, 0.1) is 0 Å². The van der Waals surface area contributed by atoms with Gasteiger partial charge in [0.15, 0.2) is 0 Å². The second kappa shape index (κ2) is 8.89. The van der Waals surface area contributed by atoms with Gasteiger partial charge in [0.25, 0.3) is 0 Å². The topological polar surface area (TPSA) is 37.9 Å². The summed E-state index contributed by atoms with van der Waals surface area (Å²) in [5, 5.41) is 0. The zero-order valence-electron chi connectivity index (χ0n) is 12.7. The van der Waals surface area contributed by atoms with Crippen LogP contribution in [0.4, 0.5) is 0 Å². The van der Waals surface area contributed by atoms with Gasteiger partial charge in [-0.1, -0.05) is 0 Å². The Kier molecular flexibility index (Phi) is 8.76. The van der Waals surface area contributed by atoms with Crippen LogP contribution in [0.1, 0.15) is 53.1 Å². The molecule has 20 heavy (non-hydrogen) atoms. The Bertz CT molecular complexity index is 404. The average Bonchev–Trinajstić information content (AvgIpc) is 2.71. The Morgan fingerprint density at radius 1 is 0.900 bits per heavy atom. The molecule has 0 spiro atoms. The van der Waals surface area contributed by atoms with Crippen LogP contribution in [0.2, 0.25) is 0 Å². The van der Waals surface area contributed by atoms with Crippen molar-refractivity contribution in [3.63, 3.8) is 0 Å². The predicted octanol–water partition coefficient (Wildman–Crippen LogP) is 5.09. The molecule has 0 aliphatic heterocycles. The number of nitrogens with zero attached hydrogens (tertiary/aromatic N) is 2. The molecule has 0 saturated heterocycles. The van der Waals surface area contributed by atoms with E-state index in [9.17, 15) is 0 Å². The van der Waals surface area contributed by atoms with E-state index < -0.39 is 0 Å². The fourth-order valence-electron chi connectivity index (χ4n) is 1.02. The predicted molar refractivity (Wildman–Crippen MR) is 85.1 cm³/mol. The summed E-state index contributed by atoms with van der Waals surface area (Å²) >= 11 is 0.194. The van der Waals surface area contributed by atoms with E-state index >= 15 is 0 Å². The van der Waals surface area contributed by atoms with Gasteiger partial charge >= 0.3 is 33.3 Å². The molecule has 0 saturated carbocycles. The molecular weight excluding hydrogens is 339 g/mol. The molecule has 1 aromatic heterocycles. The zero-order valence-corrected chi connectivity index (χ0v) is 15.3. The molecule has 3 nitrogen and oxygen atoms in total. The number of furan rings is 1. The van der Waals surface area contributed by atoms with Crippen LogP contribution in [-0.4, -0.2) is 23.5 Å². The van der Waals surface area contributed by atoms with Crippen LogP contribution in [0.3, 0.4) is 0 Å². The van der Waals surface area contributed by atoms with Gasteiger partial charge in [-0.25, -0.2) is 0 Å². The molecule has 0 amide bonds. The van der Waals surface area contributed by atoms with Crippen LogP contribution in [0.15, 0.2) is 26.5 Å². The Morgan fingerprint density at radius 3 is 1.45 bits per heavy atom. The van der Waals surface area contributed by atoms with Gasteiger partial charge in [0.05, 0.1) is 23.5 Å². The van der Waals surface area contributed by atoms with Crippen molar-refractivity contribution in [3.8, 4) is 0 Å². The van der Waals surface area contributed by atoms with E-state index in [4.69, 9.17) is 24.6 Å². The van der Waals surface area contributed by atoms with Crippen molar-refractivity contribution in [2.45, 2.75) is 52.6 Å². The maximum absolute atomic E-state index is 5.58. The second-order valence-corrected chi connectivity index (χ2v) is 7.97. The molecule has 0 atom stereocenters. The van der Waals surface area contributed by atoms with Crippen LogP contribution in [0.5, 0.6) is 0 Å².